The second kappa shape index (κ2) is 5.38. The Kier molecular flexibility index (Phi) is 4.04. The molecule has 3 atom stereocenters. The van der Waals surface area contributed by atoms with Gasteiger partial charge in [-0.05, 0) is 19.8 Å². The Hall–Kier alpha value is -0.910. The van der Waals surface area contributed by atoms with Gasteiger partial charge in [0.25, 0.3) is 0 Å². The molecule has 0 saturated carbocycles. The van der Waals surface area contributed by atoms with Gasteiger partial charge in [-0.1, -0.05) is 6.92 Å². The van der Waals surface area contributed by atoms with Gasteiger partial charge in [0.1, 0.15) is 12.1 Å². The summed E-state index contributed by atoms with van der Waals surface area (Å²) in [5, 5.41) is 0. The number of carbonyl (C=O) groups excluding carboxylic acids is 2. The van der Waals surface area contributed by atoms with Crippen molar-refractivity contribution in [1.29, 1.82) is 0 Å². The largest absolute Gasteiger partial charge is 0.329 e. The number of fused-ring (bicyclic) bond motifs is 1. The summed E-state index contributed by atoms with van der Waals surface area (Å²) in [6.07, 6.45) is 1.67. The Balaban J connectivity index is 2.07. The third-order valence-electron chi connectivity index (χ3n) is 3.81. The minimum absolute atomic E-state index is 0.0349. The van der Waals surface area contributed by atoms with Crippen molar-refractivity contribution < 1.29 is 13.8 Å². The molecule has 2 rings (SSSR count). The van der Waals surface area contributed by atoms with E-state index in [-0.39, 0.29) is 17.9 Å². The van der Waals surface area contributed by atoms with Gasteiger partial charge in [-0.25, -0.2) is 0 Å². The number of amides is 2. The molecule has 5 nitrogen and oxygen atoms in total. The van der Waals surface area contributed by atoms with Crippen LogP contribution in [-0.2, 0) is 20.4 Å². The fourth-order valence-electron chi connectivity index (χ4n) is 2.69. The van der Waals surface area contributed by atoms with Crippen LogP contribution in [0.3, 0.4) is 0 Å². The topological polar surface area (TPSA) is 57.7 Å². The van der Waals surface area contributed by atoms with E-state index in [2.05, 4.69) is 0 Å². The van der Waals surface area contributed by atoms with Crippen molar-refractivity contribution in [2.75, 3.05) is 24.6 Å². The third-order valence-corrected chi connectivity index (χ3v) is 5.09. The Bertz CT molecular complexity index is 386. The lowest BCUT2D eigenvalue weighted by Crippen LogP contribution is -2.62. The van der Waals surface area contributed by atoms with E-state index in [0.29, 0.717) is 24.6 Å². The summed E-state index contributed by atoms with van der Waals surface area (Å²) in [6.45, 7) is 4.76. The van der Waals surface area contributed by atoms with Crippen molar-refractivity contribution in [3.05, 3.63) is 0 Å². The number of hydrogen-bond acceptors (Lipinski definition) is 3. The van der Waals surface area contributed by atoms with Crippen LogP contribution >= 0.6 is 0 Å². The summed E-state index contributed by atoms with van der Waals surface area (Å²) in [7, 11) is -0.895. The minimum atomic E-state index is -0.895. The second-order valence-corrected chi connectivity index (χ2v) is 6.70. The lowest BCUT2D eigenvalue weighted by molar-refractivity contribution is -0.158. The monoisotopic (exact) mass is 272 g/mol. The number of nitrogens with zero attached hydrogens (tertiary/aromatic N) is 2. The average Bonchev–Trinajstić information content (AvgIpc) is 2.85. The molecular weight excluding hydrogens is 252 g/mol. The van der Waals surface area contributed by atoms with E-state index >= 15 is 0 Å². The van der Waals surface area contributed by atoms with Gasteiger partial charge in [-0.15, -0.1) is 0 Å². The first kappa shape index (κ1) is 13.5. The summed E-state index contributed by atoms with van der Waals surface area (Å²) in [4.78, 5) is 27.8. The molecule has 2 aliphatic rings. The van der Waals surface area contributed by atoms with Gasteiger partial charge in [0.2, 0.25) is 11.8 Å². The molecule has 18 heavy (non-hydrogen) atoms. The second-order valence-electron chi connectivity index (χ2n) is 4.83. The highest BCUT2D eigenvalue weighted by atomic mass is 32.2. The standard InChI is InChI=1S/C12H20N2O3S/c1-3-18(17)8-7-13-9(2)11(15)14-6-4-5-10(14)12(13)16/h9-10H,3-8H2,1-2H3. The van der Waals surface area contributed by atoms with Gasteiger partial charge >= 0.3 is 0 Å². The minimum Gasteiger partial charge on any atom is -0.329 e. The van der Waals surface area contributed by atoms with Crippen molar-refractivity contribution in [2.24, 2.45) is 0 Å². The van der Waals surface area contributed by atoms with E-state index in [1.807, 2.05) is 6.92 Å². The molecule has 0 aromatic rings. The van der Waals surface area contributed by atoms with Crippen molar-refractivity contribution in [3.8, 4) is 0 Å². The smallest absolute Gasteiger partial charge is 0.246 e. The van der Waals surface area contributed by atoms with Gasteiger partial charge in [0, 0.05) is 35.4 Å². The molecular formula is C12H20N2O3S. The predicted octanol–water partition coefficient (Wildman–Crippen LogP) is -0.0233. The maximum Gasteiger partial charge on any atom is 0.246 e. The zero-order chi connectivity index (χ0) is 13.3. The molecule has 6 heteroatoms. The molecule has 3 unspecified atom stereocenters. The molecule has 2 heterocycles. The lowest BCUT2D eigenvalue weighted by Gasteiger charge is -2.40. The first-order chi connectivity index (χ1) is 8.56. The zero-order valence-corrected chi connectivity index (χ0v) is 11.7. The first-order valence-corrected chi connectivity index (χ1v) is 8.01. The molecule has 2 fully saturated rings. The summed E-state index contributed by atoms with van der Waals surface area (Å²) >= 11 is 0. The fourth-order valence-corrected chi connectivity index (χ4v) is 3.38. The molecule has 102 valence electrons. The molecule has 2 amide bonds. The van der Waals surface area contributed by atoms with Crippen LogP contribution in [0.25, 0.3) is 0 Å². The maximum absolute atomic E-state index is 12.3. The van der Waals surface area contributed by atoms with Gasteiger partial charge < -0.3 is 9.80 Å². The van der Waals surface area contributed by atoms with E-state index < -0.39 is 16.8 Å². The SMILES string of the molecule is CCS(=O)CCN1C(=O)C2CCCN2C(=O)C1C. The highest BCUT2D eigenvalue weighted by Crippen LogP contribution is 2.26. The van der Waals surface area contributed by atoms with Crippen molar-refractivity contribution >= 4 is 22.6 Å². The molecule has 0 aromatic carbocycles. The van der Waals surface area contributed by atoms with Crippen LogP contribution in [0.15, 0.2) is 0 Å². The van der Waals surface area contributed by atoms with Crippen LogP contribution in [0.2, 0.25) is 0 Å². The number of carbonyl (C=O) groups is 2. The molecule has 2 aliphatic heterocycles. The first-order valence-electron chi connectivity index (χ1n) is 6.52. The maximum atomic E-state index is 12.3. The predicted molar refractivity (Wildman–Crippen MR) is 69.5 cm³/mol. The van der Waals surface area contributed by atoms with Crippen molar-refractivity contribution in [1.82, 2.24) is 9.80 Å². The zero-order valence-electron chi connectivity index (χ0n) is 10.9. The van der Waals surface area contributed by atoms with Crippen LogP contribution in [-0.4, -0.2) is 62.5 Å². The van der Waals surface area contributed by atoms with E-state index in [0.717, 1.165) is 12.8 Å². The van der Waals surface area contributed by atoms with E-state index in [4.69, 9.17) is 0 Å². The van der Waals surface area contributed by atoms with Gasteiger partial charge in [0.05, 0.1) is 0 Å². The number of piperazine rings is 1. The summed E-state index contributed by atoms with van der Waals surface area (Å²) in [5.41, 5.74) is 0. The van der Waals surface area contributed by atoms with E-state index in [9.17, 15) is 13.8 Å². The normalized spacial score (nSPS) is 29.7. The van der Waals surface area contributed by atoms with Crippen LogP contribution in [0.1, 0.15) is 26.7 Å². The van der Waals surface area contributed by atoms with E-state index in [1.165, 1.54) is 0 Å². The number of rotatable bonds is 4. The highest BCUT2D eigenvalue weighted by Gasteiger charge is 2.45. The van der Waals surface area contributed by atoms with Crippen molar-refractivity contribution in [3.63, 3.8) is 0 Å². The molecule has 0 N–H and O–H groups in total. The van der Waals surface area contributed by atoms with Gasteiger partial charge in [0.15, 0.2) is 0 Å². The summed E-state index contributed by atoms with van der Waals surface area (Å²) < 4.78 is 11.5. The molecule has 0 radical (unpaired) electrons. The Morgan fingerprint density at radius 2 is 2.06 bits per heavy atom. The third kappa shape index (κ3) is 2.30. The Morgan fingerprint density at radius 1 is 1.33 bits per heavy atom. The molecule has 2 saturated heterocycles. The van der Waals surface area contributed by atoms with Gasteiger partial charge in [-0.2, -0.15) is 0 Å². The fraction of sp³-hybridized carbons (Fsp3) is 0.833. The molecule has 0 bridgehead atoms. The molecule has 0 aromatic heterocycles. The summed E-state index contributed by atoms with van der Waals surface area (Å²) in [6, 6.07) is -0.663. The number of hydrogen-bond donors (Lipinski definition) is 0. The van der Waals surface area contributed by atoms with E-state index in [1.54, 1.807) is 16.7 Å². The molecule has 0 spiro atoms. The van der Waals surface area contributed by atoms with Gasteiger partial charge in [-0.3, -0.25) is 13.8 Å². The quantitative estimate of drug-likeness (QED) is 0.722. The van der Waals surface area contributed by atoms with Crippen LogP contribution in [0.5, 0.6) is 0 Å². The molecule has 0 aliphatic carbocycles. The highest BCUT2D eigenvalue weighted by molar-refractivity contribution is 7.84. The lowest BCUT2D eigenvalue weighted by atomic mass is 10.1. The average molecular weight is 272 g/mol. The van der Waals surface area contributed by atoms with Crippen molar-refractivity contribution in [2.45, 2.75) is 38.8 Å². The Morgan fingerprint density at radius 3 is 2.72 bits per heavy atom. The van der Waals surface area contributed by atoms with Crippen LogP contribution in [0, 0.1) is 0 Å². The van der Waals surface area contributed by atoms with Crippen LogP contribution < -0.4 is 0 Å². The van der Waals surface area contributed by atoms with Crippen LogP contribution in [0.4, 0.5) is 0 Å². The Labute approximate surface area is 110 Å². The summed E-state index contributed by atoms with van der Waals surface area (Å²) in [5.74, 6) is 1.14.